The highest BCUT2D eigenvalue weighted by atomic mass is 35.5. The number of nitrogens with two attached hydrogens (primary N) is 1. The van der Waals surface area contributed by atoms with Crippen molar-refractivity contribution in [3.8, 4) is 29.0 Å². The Morgan fingerprint density at radius 1 is 0.833 bits per heavy atom. The van der Waals surface area contributed by atoms with Gasteiger partial charge in [0.2, 0.25) is 5.88 Å². The second-order valence-corrected chi connectivity index (χ2v) is 24.6. The number of ketones is 1. The van der Waals surface area contributed by atoms with Gasteiger partial charge in [-0.2, -0.15) is 10.4 Å². The third-order valence-electron chi connectivity index (χ3n) is 17.0. The highest BCUT2D eigenvalue weighted by Crippen LogP contribution is 2.54. The van der Waals surface area contributed by atoms with Crippen LogP contribution in [0.2, 0.25) is 10.0 Å². The number of pyridine rings is 1. The number of rotatable bonds is 18. The summed E-state index contributed by atoms with van der Waals surface area (Å²) in [6, 6.07) is 31.1. The number of hydrogen-bond acceptors (Lipinski definition) is 11. The Bertz CT molecular complexity index is 3460. The molecular formula is C66H77Cl2FN10O5. The molecule has 0 aliphatic carbocycles. The lowest BCUT2D eigenvalue weighted by Gasteiger charge is -2.47. The summed E-state index contributed by atoms with van der Waals surface area (Å²) in [7, 11) is 1.64. The lowest BCUT2D eigenvalue weighted by Crippen LogP contribution is -2.60. The number of amides is 3. The minimum absolute atomic E-state index is 0.0708. The van der Waals surface area contributed by atoms with Gasteiger partial charge in [0.1, 0.15) is 46.4 Å². The third-order valence-corrected chi connectivity index (χ3v) is 17.5. The lowest BCUT2D eigenvalue weighted by molar-refractivity contribution is -0.119. The van der Waals surface area contributed by atoms with Crippen molar-refractivity contribution >= 4 is 52.4 Å². The van der Waals surface area contributed by atoms with Crippen molar-refractivity contribution in [2.45, 2.75) is 142 Å². The number of halogens is 3. The highest BCUT2D eigenvalue weighted by Gasteiger charge is 2.60. The molecule has 442 valence electrons. The van der Waals surface area contributed by atoms with Gasteiger partial charge in [-0.1, -0.05) is 100.0 Å². The molecule has 84 heavy (non-hydrogen) atoms. The van der Waals surface area contributed by atoms with Crippen LogP contribution in [0.1, 0.15) is 162 Å². The summed E-state index contributed by atoms with van der Waals surface area (Å²) in [5, 5.41) is 16.1. The number of hydrogen-bond donors (Lipinski definition) is 1. The van der Waals surface area contributed by atoms with Crippen LogP contribution in [0.25, 0.3) is 11.3 Å². The Morgan fingerprint density at radius 3 is 2.14 bits per heavy atom. The number of amidine groups is 1. The van der Waals surface area contributed by atoms with E-state index in [-0.39, 0.29) is 52.5 Å². The van der Waals surface area contributed by atoms with Gasteiger partial charge in [-0.3, -0.25) is 29.1 Å². The van der Waals surface area contributed by atoms with E-state index in [1.54, 1.807) is 30.8 Å². The van der Waals surface area contributed by atoms with Gasteiger partial charge in [0.15, 0.2) is 5.69 Å². The average Bonchev–Trinajstić information content (AvgIpc) is 3.25. The van der Waals surface area contributed by atoms with Crippen LogP contribution in [-0.4, -0.2) is 104 Å². The fraction of sp³-hybridized carbons (Fsp3) is 0.439. The number of carbonyl (C=O) groups excluding carboxylic acids is 3. The summed E-state index contributed by atoms with van der Waals surface area (Å²) in [4.78, 5) is 60.9. The molecule has 6 aromatic rings. The molecule has 2 bridgehead atoms. The van der Waals surface area contributed by atoms with Crippen molar-refractivity contribution in [3.05, 3.63) is 158 Å². The molecule has 3 aliphatic heterocycles. The van der Waals surface area contributed by atoms with Gasteiger partial charge in [-0.25, -0.2) is 14.2 Å². The molecule has 0 saturated carbocycles. The first-order chi connectivity index (χ1) is 40.1. The van der Waals surface area contributed by atoms with Crippen LogP contribution in [-0.2, 0) is 34.4 Å². The van der Waals surface area contributed by atoms with Crippen molar-refractivity contribution < 1.29 is 28.2 Å². The zero-order valence-corrected chi connectivity index (χ0v) is 51.1. The molecule has 4 aromatic carbocycles. The van der Waals surface area contributed by atoms with E-state index in [2.05, 4.69) is 73.9 Å². The Kier molecular flexibility index (Phi) is 18.9. The number of ether oxygens (including phenoxy) is 2. The van der Waals surface area contributed by atoms with E-state index in [9.17, 15) is 19.2 Å². The van der Waals surface area contributed by atoms with Crippen molar-refractivity contribution in [2.75, 3.05) is 52.1 Å². The molecule has 18 heteroatoms. The molecule has 5 heterocycles. The monoisotopic (exact) mass is 1180 g/mol. The summed E-state index contributed by atoms with van der Waals surface area (Å²) in [6.07, 6.45) is 6.53. The number of aliphatic imine (C=N–C) groups is 1. The molecule has 2 N–H and O–H groups in total. The number of nitriles is 1. The molecule has 3 aliphatic rings. The number of urea groups is 1. The van der Waals surface area contributed by atoms with E-state index in [0.29, 0.717) is 89.6 Å². The molecule has 15 nitrogen and oxygen atoms in total. The fourth-order valence-corrected chi connectivity index (χ4v) is 12.2. The molecule has 9 rings (SSSR count). The second-order valence-electron chi connectivity index (χ2n) is 23.7. The average molecular weight is 1180 g/mol. The van der Waals surface area contributed by atoms with Crippen molar-refractivity contribution in [1.29, 1.82) is 5.26 Å². The van der Waals surface area contributed by atoms with Gasteiger partial charge >= 0.3 is 6.03 Å². The standard InChI is InChI=1S/C66H77Cl2FN10O5/c1-9-83-58-39-46(64(3,4)5)23-29-52(58)60-73-65(6,44-19-24-47(67)25-20-44)66(7,45-21-26-48(68)27-22-45)79(60)63(82)77-37-35-76(36-38-77)33-15-13-11-10-12-14-17-50(80)18-16-34-78-57-42-75(8)62(81)51-30-28-49(69)40-53(51)43(2)84-61-54(71)31-32-55(72-61)59(57)56(41-70)74-78/h19-32,39-40,43H,9-18,33-38,42,71H2,1-8H3/t43-,65-,66+/m1/s1. The van der Waals surface area contributed by atoms with E-state index in [0.717, 1.165) is 80.4 Å². The first-order valence-electron chi connectivity index (χ1n) is 29.4. The molecule has 0 spiro atoms. The summed E-state index contributed by atoms with van der Waals surface area (Å²) < 4.78 is 28.7. The molecule has 0 radical (unpaired) electrons. The Balaban J connectivity index is 0.777. The highest BCUT2D eigenvalue weighted by molar-refractivity contribution is 6.30. The molecule has 3 atom stereocenters. The summed E-state index contributed by atoms with van der Waals surface area (Å²) >= 11 is 13.0. The SMILES string of the molecule is CCOc1cc(C(C)(C)C)ccc1C1=N[C@](C)(c2ccc(Cl)cc2)[C@](C)(c2ccc(Cl)cc2)N1C(=O)N1CCN(CCCCCCCCC(=O)CCCn2nc(C#N)c3c2CN(C)C(=O)c2ccc(F)cc2[C@@H](C)Oc2nc-3ccc2N)CC1. The first-order valence-corrected chi connectivity index (χ1v) is 30.1. The Hall–Kier alpha value is -7.32. The van der Waals surface area contributed by atoms with Crippen molar-refractivity contribution in [2.24, 2.45) is 4.99 Å². The maximum Gasteiger partial charge on any atom is 0.326 e. The number of unbranched alkanes of at least 4 members (excludes halogenated alkanes) is 5. The Morgan fingerprint density at radius 2 is 1.48 bits per heavy atom. The quantitative estimate of drug-likeness (QED) is 0.0815. The van der Waals surface area contributed by atoms with Crippen LogP contribution in [0.15, 0.2) is 102 Å². The van der Waals surface area contributed by atoms with E-state index >= 15 is 4.79 Å². The lowest BCUT2D eigenvalue weighted by atomic mass is 9.71. The molecule has 1 saturated heterocycles. The van der Waals surface area contributed by atoms with E-state index < -0.39 is 23.0 Å². The Labute approximate surface area is 503 Å². The number of Topliss-reactive ketones (excluding diaryl/α,β-unsaturated/α-hetero) is 1. The molecular weight excluding hydrogens is 1100 g/mol. The zero-order chi connectivity index (χ0) is 60.1. The van der Waals surface area contributed by atoms with Gasteiger partial charge in [-0.05, 0) is 142 Å². The van der Waals surface area contributed by atoms with Gasteiger partial charge in [0, 0.05) is 73.8 Å². The van der Waals surface area contributed by atoms with Crippen molar-refractivity contribution in [1.82, 2.24) is 34.4 Å². The van der Waals surface area contributed by atoms with Gasteiger partial charge < -0.3 is 25.0 Å². The maximum atomic E-state index is 15.6. The predicted molar refractivity (Wildman–Crippen MR) is 328 cm³/mol. The minimum atomic E-state index is -1.01. The first kappa shape index (κ1) is 61.2. The maximum absolute atomic E-state index is 15.6. The number of carbonyl (C=O) groups is 3. The minimum Gasteiger partial charge on any atom is -0.493 e. The number of nitrogen functional groups attached to an aromatic ring is 1. The zero-order valence-electron chi connectivity index (χ0n) is 49.6. The van der Waals surface area contributed by atoms with Crippen LogP contribution in [0.5, 0.6) is 11.6 Å². The number of fused-ring (bicyclic) bond motifs is 5. The summed E-state index contributed by atoms with van der Waals surface area (Å²) in [5.74, 6) is 0.600. The topological polar surface area (TPSA) is 176 Å². The molecule has 2 aromatic heterocycles. The fourth-order valence-electron chi connectivity index (χ4n) is 11.9. The van der Waals surface area contributed by atoms with Gasteiger partial charge in [0.05, 0.1) is 41.4 Å². The normalized spacial score (nSPS) is 19.2. The second kappa shape index (κ2) is 25.9. The van der Waals surface area contributed by atoms with Crippen LogP contribution >= 0.6 is 23.2 Å². The smallest absolute Gasteiger partial charge is 0.326 e. The van der Waals surface area contributed by atoms with Crippen molar-refractivity contribution in [3.63, 3.8) is 0 Å². The molecule has 0 unspecified atom stereocenters. The van der Waals surface area contributed by atoms with E-state index in [1.165, 1.54) is 23.1 Å². The molecule has 3 amide bonds. The van der Waals surface area contributed by atoms with Gasteiger partial charge in [0.25, 0.3) is 5.91 Å². The van der Waals surface area contributed by atoms with Crippen LogP contribution < -0.4 is 15.2 Å². The van der Waals surface area contributed by atoms with E-state index in [4.69, 9.17) is 43.4 Å². The van der Waals surface area contributed by atoms with Crippen LogP contribution in [0.4, 0.5) is 14.9 Å². The largest absolute Gasteiger partial charge is 0.493 e. The number of benzene rings is 4. The molecule has 1 fully saturated rings. The van der Waals surface area contributed by atoms with E-state index in [1.807, 2.05) is 65.3 Å². The van der Waals surface area contributed by atoms with Crippen LogP contribution in [0, 0.1) is 17.1 Å². The van der Waals surface area contributed by atoms with Gasteiger partial charge in [-0.15, -0.1) is 0 Å². The number of aromatic nitrogens is 3. The number of piperazine rings is 1. The number of anilines is 1. The van der Waals surface area contributed by atoms with Crippen LogP contribution in [0.3, 0.4) is 0 Å². The third kappa shape index (κ3) is 12.8. The predicted octanol–water partition coefficient (Wildman–Crippen LogP) is 13.7. The summed E-state index contributed by atoms with van der Waals surface area (Å²) in [5.41, 5.74) is 10.2. The summed E-state index contributed by atoms with van der Waals surface area (Å²) in [6.45, 7) is 18.8. The number of nitrogens with zero attached hydrogens (tertiary/aromatic N) is 9. The number of aryl methyl sites for hydroxylation is 1.